The summed E-state index contributed by atoms with van der Waals surface area (Å²) < 4.78 is 4.38. The van der Waals surface area contributed by atoms with E-state index in [9.17, 15) is 15.8 Å². The third-order valence-electron chi connectivity index (χ3n) is 9.65. The highest BCUT2D eigenvalue weighted by molar-refractivity contribution is 6.11. The first-order chi connectivity index (χ1) is 24.7. The van der Waals surface area contributed by atoms with Gasteiger partial charge < -0.3 is 9.13 Å². The van der Waals surface area contributed by atoms with Gasteiger partial charge in [-0.25, -0.2) is 0 Å². The standard InChI is InChI=1S/C45H25N5/c46-26-29-21-23-44-38(24-29)36-14-5-8-18-42(36)49(44)40-16-6-3-12-34(40)32-11-2-1-10-31(32)33-15-9-19-43(39(33)28-48)50-41-17-7-4-13-35(41)37-22-20-30(27-47)25-45(37)50/h1-25H. The molecule has 0 fully saturated rings. The Morgan fingerprint density at radius 1 is 0.340 bits per heavy atom. The first-order valence-electron chi connectivity index (χ1n) is 16.3. The summed E-state index contributed by atoms with van der Waals surface area (Å²) in [6, 6.07) is 57.8. The highest BCUT2D eigenvalue weighted by Crippen LogP contribution is 2.42. The third kappa shape index (κ3) is 4.24. The molecule has 50 heavy (non-hydrogen) atoms. The monoisotopic (exact) mass is 635 g/mol. The maximum Gasteiger partial charge on any atom is 0.102 e. The first kappa shape index (κ1) is 28.8. The second kappa shape index (κ2) is 11.4. The maximum absolute atomic E-state index is 10.9. The average Bonchev–Trinajstić information content (AvgIpc) is 3.69. The normalized spacial score (nSPS) is 11.1. The van der Waals surface area contributed by atoms with Crippen molar-refractivity contribution in [3.8, 4) is 51.8 Å². The van der Waals surface area contributed by atoms with Crippen molar-refractivity contribution >= 4 is 43.6 Å². The molecule has 0 aliphatic rings. The molecule has 0 unspecified atom stereocenters. The molecular formula is C45H25N5. The zero-order valence-corrected chi connectivity index (χ0v) is 26.7. The Morgan fingerprint density at radius 3 is 1.56 bits per heavy atom. The highest BCUT2D eigenvalue weighted by Gasteiger charge is 2.21. The fraction of sp³-hybridized carbons (Fsp3) is 0. The van der Waals surface area contributed by atoms with E-state index in [1.807, 2.05) is 103 Å². The van der Waals surface area contributed by atoms with Gasteiger partial charge in [-0.2, -0.15) is 15.8 Å². The van der Waals surface area contributed by atoms with Gasteiger partial charge in [0.1, 0.15) is 6.07 Å². The minimum atomic E-state index is 0.545. The Labute approximate surface area is 287 Å². The molecule has 0 radical (unpaired) electrons. The average molecular weight is 636 g/mol. The van der Waals surface area contributed by atoms with Crippen LogP contribution >= 0.6 is 0 Å². The molecule has 7 aromatic carbocycles. The zero-order chi connectivity index (χ0) is 33.8. The van der Waals surface area contributed by atoms with E-state index in [2.05, 4.69) is 75.9 Å². The molecule has 0 aliphatic carbocycles. The number of fused-ring (bicyclic) bond motifs is 6. The van der Waals surface area contributed by atoms with E-state index in [1.165, 1.54) is 0 Å². The first-order valence-corrected chi connectivity index (χ1v) is 16.3. The Kier molecular flexibility index (Phi) is 6.56. The zero-order valence-electron chi connectivity index (χ0n) is 26.7. The van der Waals surface area contributed by atoms with Crippen LogP contribution in [-0.2, 0) is 0 Å². The number of rotatable bonds is 4. The molecule has 0 saturated carbocycles. The topological polar surface area (TPSA) is 81.2 Å². The minimum absolute atomic E-state index is 0.545. The summed E-state index contributed by atoms with van der Waals surface area (Å²) >= 11 is 0. The number of para-hydroxylation sites is 3. The number of benzene rings is 7. The Hall–Kier alpha value is -7.39. The summed E-state index contributed by atoms with van der Waals surface area (Å²) in [6.45, 7) is 0. The van der Waals surface area contributed by atoms with Crippen molar-refractivity contribution < 1.29 is 0 Å². The van der Waals surface area contributed by atoms with Gasteiger partial charge in [-0.1, -0.05) is 97.1 Å². The van der Waals surface area contributed by atoms with Gasteiger partial charge >= 0.3 is 0 Å². The quantitative estimate of drug-likeness (QED) is 0.193. The predicted octanol–water partition coefficient (Wildman–Crippen LogP) is 10.8. The van der Waals surface area contributed by atoms with E-state index < -0.39 is 0 Å². The van der Waals surface area contributed by atoms with Gasteiger partial charge in [-0.05, 0) is 65.7 Å². The van der Waals surface area contributed by atoms with Gasteiger partial charge in [0.2, 0.25) is 0 Å². The maximum atomic E-state index is 10.9. The van der Waals surface area contributed by atoms with E-state index >= 15 is 0 Å². The van der Waals surface area contributed by atoms with Crippen LogP contribution in [0.25, 0.3) is 77.2 Å². The molecule has 0 spiro atoms. The molecule has 0 atom stereocenters. The van der Waals surface area contributed by atoms with Crippen LogP contribution in [-0.4, -0.2) is 9.13 Å². The third-order valence-corrected chi connectivity index (χ3v) is 9.65. The lowest BCUT2D eigenvalue weighted by Crippen LogP contribution is -2.01. The molecule has 0 N–H and O–H groups in total. The minimum Gasteiger partial charge on any atom is -0.309 e. The van der Waals surface area contributed by atoms with Crippen molar-refractivity contribution in [2.24, 2.45) is 0 Å². The van der Waals surface area contributed by atoms with Gasteiger partial charge in [0.15, 0.2) is 0 Å². The summed E-state index contributed by atoms with van der Waals surface area (Å²) in [6.07, 6.45) is 0. The molecule has 2 heterocycles. The van der Waals surface area contributed by atoms with Gasteiger partial charge in [-0.3, -0.25) is 0 Å². The van der Waals surface area contributed by atoms with E-state index in [0.717, 1.165) is 77.2 Å². The second-order valence-electron chi connectivity index (χ2n) is 12.3. The van der Waals surface area contributed by atoms with E-state index in [1.54, 1.807) is 0 Å². The Morgan fingerprint density at radius 2 is 0.840 bits per heavy atom. The van der Waals surface area contributed by atoms with Crippen LogP contribution in [0.3, 0.4) is 0 Å². The molecule has 0 amide bonds. The number of hydrogen-bond donors (Lipinski definition) is 0. The lowest BCUT2D eigenvalue weighted by atomic mass is 9.90. The van der Waals surface area contributed by atoms with Crippen LogP contribution in [0.15, 0.2) is 152 Å². The van der Waals surface area contributed by atoms with Crippen LogP contribution in [0.1, 0.15) is 16.7 Å². The summed E-state index contributed by atoms with van der Waals surface area (Å²) in [5.41, 5.74) is 11.1. The largest absolute Gasteiger partial charge is 0.309 e. The highest BCUT2D eigenvalue weighted by atomic mass is 15.0. The summed E-state index contributed by atoms with van der Waals surface area (Å²) in [5, 5.41) is 34.5. The SMILES string of the molecule is N#Cc1ccc2c(c1)c1ccccc1n2-c1ccccc1-c1ccccc1-c1cccc(-n2c3ccccc3c3ccc(C#N)cc32)c1C#N. The van der Waals surface area contributed by atoms with E-state index in [0.29, 0.717) is 16.7 Å². The number of nitrogens with zero attached hydrogens (tertiary/aromatic N) is 5. The lowest BCUT2D eigenvalue weighted by Gasteiger charge is -2.19. The van der Waals surface area contributed by atoms with Gasteiger partial charge in [0.05, 0.1) is 62.3 Å². The van der Waals surface area contributed by atoms with Gasteiger partial charge in [0, 0.05) is 32.7 Å². The van der Waals surface area contributed by atoms with Crippen LogP contribution in [0.5, 0.6) is 0 Å². The van der Waals surface area contributed by atoms with Gasteiger partial charge in [-0.15, -0.1) is 0 Å². The lowest BCUT2D eigenvalue weighted by molar-refractivity contribution is 1.17. The van der Waals surface area contributed by atoms with Crippen molar-refractivity contribution in [3.05, 3.63) is 168 Å². The molecule has 0 bridgehead atoms. The summed E-state index contributed by atoms with van der Waals surface area (Å²) in [5.74, 6) is 0. The Bertz CT molecular complexity index is 2970. The van der Waals surface area contributed by atoms with Crippen LogP contribution < -0.4 is 0 Å². The molecular weight excluding hydrogens is 611 g/mol. The Balaban J connectivity index is 1.30. The molecule has 0 aliphatic heterocycles. The van der Waals surface area contributed by atoms with Crippen LogP contribution in [0.4, 0.5) is 0 Å². The van der Waals surface area contributed by atoms with Crippen LogP contribution in [0.2, 0.25) is 0 Å². The molecule has 230 valence electrons. The molecule has 9 aromatic rings. The number of aromatic nitrogens is 2. The fourth-order valence-corrected chi connectivity index (χ4v) is 7.52. The van der Waals surface area contributed by atoms with Crippen molar-refractivity contribution in [1.82, 2.24) is 9.13 Å². The molecule has 0 saturated heterocycles. The number of nitriles is 3. The summed E-state index contributed by atoms with van der Waals surface area (Å²) in [7, 11) is 0. The molecule has 5 nitrogen and oxygen atoms in total. The second-order valence-corrected chi connectivity index (χ2v) is 12.3. The molecule has 5 heteroatoms. The summed E-state index contributed by atoms with van der Waals surface area (Å²) in [4.78, 5) is 0. The van der Waals surface area contributed by atoms with Crippen molar-refractivity contribution in [3.63, 3.8) is 0 Å². The van der Waals surface area contributed by atoms with Crippen LogP contribution in [0, 0.1) is 34.0 Å². The fourth-order valence-electron chi connectivity index (χ4n) is 7.52. The van der Waals surface area contributed by atoms with Gasteiger partial charge in [0.25, 0.3) is 0 Å². The van der Waals surface area contributed by atoms with Crippen molar-refractivity contribution in [2.45, 2.75) is 0 Å². The smallest absolute Gasteiger partial charge is 0.102 e. The van der Waals surface area contributed by atoms with E-state index in [-0.39, 0.29) is 0 Å². The van der Waals surface area contributed by atoms with Crippen molar-refractivity contribution in [2.75, 3.05) is 0 Å². The molecule has 2 aromatic heterocycles. The number of hydrogen-bond acceptors (Lipinski definition) is 3. The molecule has 9 rings (SSSR count). The van der Waals surface area contributed by atoms with Crippen molar-refractivity contribution in [1.29, 1.82) is 15.8 Å². The predicted molar refractivity (Wildman–Crippen MR) is 200 cm³/mol. The van der Waals surface area contributed by atoms with E-state index in [4.69, 9.17) is 0 Å².